The maximum atomic E-state index is 10.3. The molecular formula is C15H22O2. The third-order valence-electron chi connectivity index (χ3n) is 3.87. The van der Waals surface area contributed by atoms with Crippen LogP contribution in [0.5, 0.6) is 0 Å². The second kappa shape index (κ2) is 5.65. The Balaban J connectivity index is 2.04. The average molecular weight is 234 g/mol. The van der Waals surface area contributed by atoms with E-state index in [0.29, 0.717) is 5.92 Å². The van der Waals surface area contributed by atoms with Gasteiger partial charge < -0.3 is 9.84 Å². The van der Waals surface area contributed by atoms with Crippen LogP contribution in [-0.4, -0.2) is 24.4 Å². The Kier molecular flexibility index (Phi) is 4.19. The van der Waals surface area contributed by atoms with E-state index in [9.17, 15) is 5.11 Å². The predicted molar refractivity (Wildman–Crippen MR) is 69.2 cm³/mol. The van der Waals surface area contributed by atoms with E-state index >= 15 is 0 Å². The van der Waals surface area contributed by atoms with Crippen molar-refractivity contribution in [1.82, 2.24) is 0 Å². The lowest BCUT2D eigenvalue weighted by Gasteiger charge is -2.27. The van der Waals surface area contributed by atoms with Crippen molar-refractivity contribution in [3.05, 3.63) is 34.9 Å². The summed E-state index contributed by atoms with van der Waals surface area (Å²) in [5.74, 6) is 0.405. The molecule has 2 heteroatoms. The molecule has 0 radical (unpaired) electrons. The molecule has 1 atom stereocenters. The fourth-order valence-corrected chi connectivity index (χ4v) is 2.65. The molecule has 0 amide bonds. The molecule has 1 aliphatic heterocycles. The summed E-state index contributed by atoms with van der Waals surface area (Å²) in [4.78, 5) is 0. The zero-order chi connectivity index (χ0) is 12.3. The lowest BCUT2D eigenvalue weighted by molar-refractivity contribution is 0.00830. The maximum Gasteiger partial charge on any atom is 0.0610 e. The monoisotopic (exact) mass is 234 g/mol. The van der Waals surface area contributed by atoms with E-state index in [1.54, 1.807) is 0 Å². The van der Waals surface area contributed by atoms with Crippen LogP contribution in [0.25, 0.3) is 0 Å². The van der Waals surface area contributed by atoms with Crippen LogP contribution in [0.4, 0.5) is 0 Å². The molecule has 1 unspecified atom stereocenters. The van der Waals surface area contributed by atoms with Gasteiger partial charge in [-0.05, 0) is 55.7 Å². The molecule has 1 aliphatic rings. The molecule has 0 spiro atoms. The first-order valence-electron chi connectivity index (χ1n) is 6.49. The van der Waals surface area contributed by atoms with Crippen molar-refractivity contribution in [2.24, 2.45) is 5.92 Å². The third kappa shape index (κ3) is 3.08. The first-order chi connectivity index (χ1) is 8.18. The number of aliphatic hydroxyl groups excluding tert-OH is 1. The Morgan fingerprint density at radius 1 is 1.24 bits per heavy atom. The zero-order valence-corrected chi connectivity index (χ0v) is 10.8. The smallest absolute Gasteiger partial charge is 0.0610 e. The molecule has 94 valence electrons. The molecule has 1 heterocycles. The first kappa shape index (κ1) is 12.6. The van der Waals surface area contributed by atoms with Crippen molar-refractivity contribution in [3.63, 3.8) is 0 Å². The van der Waals surface area contributed by atoms with Crippen LogP contribution < -0.4 is 0 Å². The number of hydrogen-bond acceptors (Lipinski definition) is 2. The van der Waals surface area contributed by atoms with Gasteiger partial charge in [-0.15, -0.1) is 0 Å². The van der Waals surface area contributed by atoms with Crippen LogP contribution in [0.3, 0.4) is 0 Å². The summed E-state index contributed by atoms with van der Waals surface area (Å²) in [5, 5.41) is 10.3. The molecule has 1 N–H and O–H groups in total. The van der Waals surface area contributed by atoms with E-state index in [0.717, 1.165) is 32.5 Å². The number of benzene rings is 1. The molecule has 0 bridgehead atoms. The fourth-order valence-electron chi connectivity index (χ4n) is 2.65. The lowest BCUT2D eigenvalue weighted by Crippen LogP contribution is -2.29. The number of rotatable bonds is 3. The minimum atomic E-state index is -0.223. The van der Waals surface area contributed by atoms with Crippen molar-refractivity contribution in [3.8, 4) is 0 Å². The maximum absolute atomic E-state index is 10.3. The van der Waals surface area contributed by atoms with E-state index in [-0.39, 0.29) is 6.10 Å². The first-order valence-corrected chi connectivity index (χ1v) is 6.49. The standard InChI is InChI=1S/C15H22O2/c1-11-4-3-5-12(2)14(11)10-15(16)13-6-8-17-9-7-13/h3-5,13,15-16H,6-10H2,1-2H3. The lowest BCUT2D eigenvalue weighted by atomic mass is 9.87. The molecule has 0 saturated carbocycles. The summed E-state index contributed by atoms with van der Waals surface area (Å²) in [6.07, 6.45) is 2.54. The Morgan fingerprint density at radius 3 is 2.41 bits per heavy atom. The minimum absolute atomic E-state index is 0.223. The summed E-state index contributed by atoms with van der Waals surface area (Å²) in [5.41, 5.74) is 3.89. The van der Waals surface area contributed by atoms with Crippen molar-refractivity contribution < 1.29 is 9.84 Å². The predicted octanol–water partition coefficient (Wildman–Crippen LogP) is 2.63. The molecule has 17 heavy (non-hydrogen) atoms. The van der Waals surface area contributed by atoms with Gasteiger partial charge in [0.25, 0.3) is 0 Å². The highest BCUT2D eigenvalue weighted by Crippen LogP contribution is 2.24. The molecule has 1 aromatic carbocycles. The van der Waals surface area contributed by atoms with E-state index in [1.807, 2.05) is 0 Å². The molecule has 1 saturated heterocycles. The van der Waals surface area contributed by atoms with Crippen LogP contribution in [0.1, 0.15) is 29.5 Å². The molecule has 2 rings (SSSR count). The highest BCUT2D eigenvalue weighted by molar-refractivity contribution is 5.34. The van der Waals surface area contributed by atoms with Gasteiger partial charge in [-0.1, -0.05) is 18.2 Å². The fraction of sp³-hybridized carbons (Fsp3) is 0.600. The third-order valence-corrected chi connectivity index (χ3v) is 3.87. The summed E-state index contributed by atoms with van der Waals surface area (Å²) >= 11 is 0. The highest BCUT2D eigenvalue weighted by atomic mass is 16.5. The summed E-state index contributed by atoms with van der Waals surface area (Å²) in [7, 11) is 0. The SMILES string of the molecule is Cc1cccc(C)c1CC(O)C1CCOCC1. The minimum Gasteiger partial charge on any atom is -0.392 e. The Bertz CT molecular complexity index is 347. The number of ether oxygens (including phenoxy) is 1. The number of aliphatic hydroxyl groups is 1. The molecular weight excluding hydrogens is 212 g/mol. The average Bonchev–Trinajstić information content (AvgIpc) is 2.35. The molecule has 1 fully saturated rings. The van der Waals surface area contributed by atoms with Gasteiger partial charge in [0, 0.05) is 13.2 Å². The van der Waals surface area contributed by atoms with E-state index in [2.05, 4.69) is 32.0 Å². The second-order valence-corrected chi connectivity index (χ2v) is 5.09. The van der Waals surface area contributed by atoms with Gasteiger partial charge in [-0.25, -0.2) is 0 Å². The van der Waals surface area contributed by atoms with Crippen LogP contribution >= 0.6 is 0 Å². The van der Waals surface area contributed by atoms with E-state index < -0.39 is 0 Å². The van der Waals surface area contributed by atoms with Crippen LogP contribution in [0, 0.1) is 19.8 Å². The molecule has 2 nitrogen and oxygen atoms in total. The molecule has 0 aromatic heterocycles. The van der Waals surface area contributed by atoms with Crippen LogP contribution in [-0.2, 0) is 11.2 Å². The second-order valence-electron chi connectivity index (χ2n) is 5.09. The van der Waals surface area contributed by atoms with Gasteiger partial charge in [0.2, 0.25) is 0 Å². The van der Waals surface area contributed by atoms with Crippen molar-refractivity contribution in [2.45, 2.75) is 39.2 Å². The van der Waals surface area contributed by atoms with Crippen molar-refractivity contribution >= 4 is 0 Å². The topological polar surface area (TPSA) is 29.5 Å². The summed E-state index contributed by atoms with van der Waals surface area (Å²) < 4.78 is 5.34. The Hall–Kier alpha value is -0.860. The van der Waals surface area contributed by atoms with Crippen LogP contribution in [0.15, 0.2) is 18.2 Å². The van der Waals surface area contributed by atoms with Gasteiger partial charge in [0.1, 0.15) is 0 Å². The van der Waals surface area contributed by atoms with Crippen molar-refractivity contribution in [2.75, 3.05) is 13.2 Å². The van der Waals surface area contributed by atoms with Crippen molar-refractivity contribution in [1.29, 1.82) is 0 Å². The highest BCUT2D eigenvalue weighted by Gasteiger charge is 2.23. The Morgan fingerprint density at radius 2 is 1.82 bits per heavy atom. The van der Waals surface area contributed by atoms with E-state index in [1.165, 1.54) is 16.7 Å². The summed E-state index contributed by atoms with van der Waals surface area (Å²) in [6.45, 7) is 5.85. The van der Waals surface area contributed by atoms with Gasteiger partial charge in [0.05, 0.1) is 6.10 Å². The van der Waals surface area contributed by atoms with Gasteiger partial charge >= 0.3 is 0 Å². The van der Waals surface area contributed by atoms with Gasteiger partial charge in [0.15, 0.2) is 0 Å². The van der Waals surface area contributed by atoms with E-state index in [4.69, 9.17) is 4.74 Å². The normalized spacial score (nSPS) is 19.2. The quantitative estimate of drug-likeness (QED) is 0.871. The molecule has 0 aliphatic carbocycles. The van der Waals surface area contributed by atoms with Crippen LogP contribution in [0.2, 0.25) is 0 Å². The Labute approximate surface area is 104 Å². The van der Waals surface area contributed by atoms with Gasteiger partial charge in [-0.3, -0.25) is 0 Å². The molecule has 1 aromatic rings. The number of aryl methyl sites for hydroxylation is 2. The largest absolute Gasteiger partial charge is 0.392 e. The zero-order valence-electron chi connectivity index (χ0n) is 10.8. The number of hydrogen-bond donors (Lipinski definition) is 1. The summed E-state index contributed by atoms with van der Waals surface area (Å²) in [6, 6.07) is 6.33. The van der Waals surface area contributed by atoms with Gasteiger partial charge in [-0.2, -0.15) is 0 Å².